The van der Waals surface area contributed by atoms with Crippen molar-refractivity contribution in [3.05, 3.63) is 12.2 Å². The smallest absolute Gasteiger partial charge is 0.303 e. The molecule has 0 saturated carbocycles. The second-order valence-electron chi connectivity index (χ2n) is 2.87. The van der Waals surface area contributed by atoms with Crippen molar-refractivity contribution in [1.82, 2.24) is 14.8 Å². The van der Waals surface area contributed by atoms with Gasteiger partial charge in [0.05, 0.1) is 0 Å². The number of nitrogens with zero attached hydrogens (tertiary/aromatic N) is 3. The fourth-order valence-electron chi connectivity index (χ4n) is 1.11. The van der Waals surface area contributed by atoms with Crippen molar-refractivity contribution < 1.29 is 14.6 Å². The molecular weight excluding hydrogens is 186 g/mol. The van der Waals surface area contributed by atoms with E-state index in [1.54, 1.807) is 18.0 Å². The fourth-order valence-corrected chi connectivity index (χ4v) is 1.11. The standard InChI is InChI=1S/C8H13N3O3/c1-14-5-7-10-9-6-11(7)4-2-3-8(12)13/h6H,2-5H2,1H3,(H,12,13). The lowest BCUT2D eigenvalue weighted by Crippen LogP contribution is -2.06. The van der Waals surface area contributed by atoms with Gasteiger partial charge in [0.1, 0.15) is 12.9 Å². The zero-order valence-corrected chi connectivity index (χ0v) is 8.01. The van der Waals surface area contributed by atoms with Gasteiger partial charge in [-0.2, -0.15) is 0 Å². The van der Waals surface area contributed by atoms with Gasteiger partial charge in [0.2, 0.25) is 0 Å². The van der Waals surface area contributed by atoms with E-state index in [1.165, 1.54) is 0 Å². The van der Waals surface area contributed by atoms with Gasteiger partial charge in [0.25, 0.3) is 0 Å². The summed E-state index contributed by atoms with van der Waals surface area (Å²) in [7, 11) is 1.58. The third-order valence-corrected chi connectivity index (χ3v) is 1.76. The SMILES string of the molecule is COCc1nncn1CCCC(=O)O. The van der Waals surface area contributed by atoms with E-state index < -0.39 is 5.97 Å². The second-order valence-corrected chi connectivity index (χ2v) is 2.87. The van der Waals surface area contributed by atoms with E-state index in [1.807, 2.05) is 0 Å². The zero-order valence-electron chi connectivity index (χ0n) is 8.01. The Balaban J connectivity index is 2.41. The maximum absolute atomic E-state index is 10.3. The number of carbonyl (C=O) groups is 1. The van der Waals surface area contributed by atoms with Crippen molar-refractivity contribution in [3.63, 3.8) is 0 Å². The number of hydrogen-bond donors (Lipinski definition) is 1. The Labute approximate surface area is 81.5 Å². The summed E-state index contributed by atoms with van der Waals surface area (Å²) in [5, 5.41) is 16.0. The van der Waals surface area contributed by atoms with Crippen LogP contribution in [0.25, 0.3) is 0 Å². The summed E-state index contributed by atoms with van der Waals surface area (Å²) in [5.74, 6) is -0.0655. The minimum atomic E-state index is -0.786. The van der Waals surface area contributed by atoms with Gasteiger partial charge in [-0.1, -0.05) is 0 Å². The van der Waals surface area contributed by atoms with Gasteiger partial charge in [-0.3, -0.25) is 4.79 Å². The van der Waals surface area contributed by atoms with Crippen LogP contribution in [0.3, 0.4) is 0 Å². The van der Waals surface area contributed by atoms with Crippen LogP contribution in [0.1, 0.15) is 18.7 Å². The Morgan fingerprint density at radius 2 is 2.50 bits per heavy atom. The molecule has 6 nitrogen and oxygen atoms in total. The van der Waals surface area contributed by atoms with Crippen LogP contribution in [0.5, 0.6) is 0 Å². The Hall–Kier alpha value is -1.43. The largest absolute Gasteiger partial charge is 0.481 e. The first-order valence-corrected chi connectivity index (χ1v) is 4.31. The summed E-state index contributed by atoms with van der Waals surface area (Å²) in [4.78, 5) is 10.3. The lowest BCUT2D eigenvalue weighted by Gasteiger charge is -2.03. The monoisotopic (exact) mass is 199 g/mol. The van der Waals surface area contributed by atoms with Crippen molar-refractivity contribution in [2.45, 2.75) is 26.0 Å². The minimum absolute atomic E-state index is 0.157. The van der Waals surface area contributed by atoms with Crippen LogP contribution < -0.4 is 0 Å². The summed E-state index contributed by atoms with van der Waals surface area (Å²) in [6.07, 6.45) is 2.31. The molecule has 14 heavy (non-hydrogen) atoms. The van der Waals surface area contributed by atoms with E-state index in [4.69, 9.17) is 9.84 Å². The zero-order chi connectivity index (χ0) is 10.4. The van der Waals surface area contributed by atoms with Crippen molar-refractivity contribution >= 4 is 5.97 Å². The predicted octanol–water partition coefficient (Wildman–Crippen LogP) is 0.289. The number of methoxy groups -OCH3 is 1. The lowest BCUT2D eigenvalue weighted by molar-refractivity contribution is -0.137. The Kier molecular flexibility index (Phi) is 4.06. The molecular formula is C8H13N3O3. The number of ether oxygens (including phenoxy) is 1. The molecule has 0 aliphatic rings. The van der Waals surface area contributed by atoms with Crippen molar-refractivity contribution in [2.24, 2.45) is 0 Å². The molecule has 1 heterocycles. The Bertz CT molecular complexity index is 298. The normalized spacial score (nSPS) is 10.4. The number of carboxylic acids is 1. The van der Waals surface area contributed by atoms with Crippen LogP contribution in [-0.4, -0.2) is 33.0 Å². The van der Waals surface area contributed by atoms with Crippen LogP contribution in [0.2, 0.25) is 0 Å². The average molecular weight is 199 g/mol. The van der Waals surface area contributed by atoms with Crippen LogP contribution in [0, 0.1) is 0 Å². The number of carboxylic acid groups (broad SMARTS) is 1. The molecule has 0 unspecified atom stereocenters. The van der Waals surface area contributed by atoms with Crippen LogP contribution in [0.15, 0.2) is 6.33 Å². The van der Waals surface area contributed by atoms with Crippen molar-refractivity contribution in [1.29, 1.82) is 0 Å². The molecule has 6 heteroatoms. The van der Waals surface area contributed by atoms with E-state index in [-0.39, 0.29) is 6.42 Å². The van der Waals surface area contributed by atoms with E-state index in [0.717, 1.165) is 5.82 Å². The average Bonchev–Trinajstić information content (AvgIpc) is 2.53. The third kappa shape index (κ3) is 3.14. The fraction of sp³-hybridized carbons (Fsp3) is 0.625. The van der Waals surface area contributed by atoms with Gasteiger partial charge in [0.15, 0.2) is 5.82 Å². The molecule has 1 aromatic rings. The number of aryl methyl sites for hydroxylation is 1. The number of rotatable bonds is 6. The van der Waals surface area contributed by atoms with E-state index in [2.05, 4.69) is 10.2 Å². The van der Waals surface area contributed by atoms with Gasteiger partial charge in [0, 0.05) is 20.1 Å². The van der Waals surface area contributed by atoms with Gasteiger partial charge in [-0.15, -0.1) is 10.2 Å². The third-order valence-electron chi connectivity index (χ3n) is 1.76. The highest BCUT2D eigenvalue weighted by Crippen LogP contribution is 2.00. The molecule has 1 rings (SSSR count). The Morgan fingerprint density at radius 1 is 1.71 bits per heavy atom. The molecule has 1 aromatic heterocycles. The highest BCUT2D eigenvalue weighted by atomic mass is 16.5. The summed E-state index contributed by atoms with van der Waals surface area (Å²) < 4.78 is 6.71. The first kappa shape index (κ1) is 10.6. The lowest BCUT2D eigenvalue weighted by atomic mass is 10.3. The molecule has 78 valence electrons. The summed E-state index contributed by atoms with van der Waals surface area (Å²) >= 11 is 0. The molecule has 0 aromatic carbocycles. The minimum Gasteiger partial charge on any atom is -0.481 e. The second kappa shape index (κ2) is 5.33. The van der Waals surface area contributed by atoms with E-state index >= 15 is 0 Å². The van der Waals surface area contributed by atoms with Gasteiger partial charge in [-0.25, -0.2) is 0 Å². The molecule has 0 amide bonds. The van der Waals surface area contributed by atoms with E-state index in [0.29, 0.717) is 19.6 Å². The predicted molar refractivity (Wildman–Crippen MR) is 47.6 cm³/mol. The van der Waals surface area contributed by atoms with Gasteiger partial charge in [-0.05, 0) is 6.42 Å². The highest BCUT2D eigenvalue weighted by molar-refractivity contribution is 5.66. The quantitative estimate of drug-likeness (QED) is 0.712. The molecule has 0 saturated heterocycles. The first-order chi connectivity index (χ1) is 6.74. The molecule has 1 N–H and O–H groups in total. The molecule has 0 atom stereocenters. The maximum atomic E-state index is 10.3. The summed E-state index contributed by atoms with van der Waals surface area (Å²) in [6.45, 7) is 1.01. The number of aromatic nitrogens is 3. The van der Waals surface area contributed by atoms with Crippen molar-refractivity contribution in [2.75, 3.05) is 7.11 Å². The summed E-state index contributed by atoms with van der Waals surface area (Å²) in [6, 6.07) is 0. The molecule has 0 aliphatic heterocycles. The van der Waals surface area contributed by atoms with Gasteiger partial charge >= 0.3 is 5.97 Å². The number of hydrogen-bond acceptors (Lipinski definition) is 4. The van der Waals surface area contributed by atoms with E-state index in [9.17, 15) is 4.79 Å². The summed E-state index contributed by atoms with van der Waals surface area (Å²) in [5.41, 5.74) is 0. The number of aliphatic carboxylic acids is 1. The van der Waals surface area contributed by atoms with Gasteiger partial charge < -0.3 is 14.4 Å². The van der Waals surface area contributed by atoms with Crippen LogP contribution >= 0.6 is 0 Å². The molecule has 0 spiro atoms. The highest BCUT2D eigenvalue weighted by Gasteiger charge is 2.04. The topological polar surface area (TPSA) is 77.2 Å². The Morgan fingerprint density at radius 3 is 3.14 bits per heavy atom. The maximum Gasteiger partial charge on any atom is 0.303 e. The molecule has 0 radical (unpaired) electrons. The molecule has 0 bridgehead atoms. The first-order valence-electron chi connectivity index (χ1n) is 4.31. The molecule has 0 aliphatic carbocycles. The van der Waals surface area contributed by atoms with Crippen molar-refractivity contribution in [3.8, 4) is 0 Å². The van der Waals surface area contributed by atoms with Crippen LogP contribution in [0.4, 0.5) is 0 Å². The molecule has 0 fully saturated rings. The van der Waals surface area contributed by atoms with Crippen LogP contribution in [-0.2, 0) is 22.7 Å².